The molecule has 3 heterocycles. The zero-order valence-corrected chi connectivity index (χ0v) is 17.0. The fraction of sp³-hybridized carbons (Fsp3) is 0.286. The molecule has 0 amide bonds. The van der Waals surface area contributed by atoms with Gasteiger partial charge in [-0.15, -0.1) is 21.5 Å². The molecule has 142 valence electrons. The number of para-hydroxylation sites is 1. The van der Waals surface area contributed by atoms with Gasteiger partial charge in [-0.1, -0.05) is 36.9 Å². The second kappa shape index (κ2) is 7.22. The maximum absolute atomic E-state index is 12.6. The number of rotatable bonds is 5. The SMILES string of the molecule is C[C@H]1CCc2sc(-c3nnc(SCC(=O)c4c[nH]c5ccccc45)o3)cc2C1. The van der Waals surface area contributed by atoms with Gasteiger partial charge in [0.15, 0.2) is 5.78 Å². The number of Topliss-reactive ketones (excluding diaryl/α,β-unsaturated/α-hetero) is 1. The number of nitrogens with zero attached hydrogens (tertiary/aromatic N) is 2. The third-order valence-electron chi connectivity index (χ3n) is 5.16. The van der Waals surface area contributed by atoms with Crippen LogP contribution in [-0.2, 0) is 12.8 Å². The van der Waals surface area contributed by atoms with E-state index >= 15 is 0 Å². The van der Waals surface area contributed by atoms with Gasteiger partial charge in [0.2, 0.25) is 0 Å². The van der Waals surface area contributed by atoms with E-state index in [0.717, 1.165) is 34.5 Å². The van der Waals surface area contributed by atoms with E-state index in [2.05, 4.69) is 28.2 Å². The molecule has 3 aromatic heterocycles. The number of thioether (sulfide) groups is 1. The summed E-state index contributed by atoms with van der Waals surface area (Å²) in [6, 6.07) is 9.99. The van der Waals surface area contributed by atoms with Crippen LogP contribution in [0.2, 0.25) is 0 Å². The molecule has 0 saturated carbocycles. The average Bonchev–Trinajstić information content (AvgIpc) is 3.43. The first kappa shape index (κ1) is 17.7. The molecule has 1 N–H and O–H groups in total. The molecule has 0 fully saturated rings. The maximum atomic E-state index is 12.6. The molecule has 28 heavy (non-hydrogen) atoms. The minimum atomic E-state index is 0.0442. The number of hydrogen-bond acceptors (Lipinski definition) is 6. The van der Waals surface area contributed by atoms with Crippen LogP contribution in [0, 0.1) is 5.92 Å². The molecule has 5 rings (SSSR count). The van der Waals surface area contributed by atoms with Crippen molar-refractivity contribution < 1.29 is 9.21 Å². The largest absolute Gasteiger partial charge is 0.410 e. The van der Waals surface area contributed by atoms with E-state index in [0.29, 0.717) is 16.7 Å². The van der Waals surface area contributed by atoms with E-state index < -0.39 is 0 Å². The summed E-state index contributed by atoms with van der Waals surface area (Å²) in [4.78, 5) is 18.2. The van der Waals surface area contributed by atoms with Crippen LogP contribution in [0.1, 0.15) is 34.1 Å². The predicted molar refractivity (Wildman–Crippen MR) is 112 cm³/mol. The third-order valence-corrected chi connectivity index (χ3v) is 7.21. The first-order chi connectivity index (χ1) is 13.7. The molecular formula is C21H19N3O2S2. The van der Waals surface area contributed by atoms with Crippen LogP contribution in [0.4, 0.5) is 0 Å². The molecule has 1 aromatic carbocycles. The standard InChI is InChI=1S/C21H19N3O2S2/c1-12-6-7-18-13(8-12)9-19(28-18)20-23-24-21(26-20)27-11-17(25)15-10-22-16-5-3-2-4-14(15)16/h2-5,9-10,12,22H,6-8,11H2,1H3/t12-/m0/s1. The van der Waals surface area contributed by atoms with Crippen molar-refractivity contribution in [1.82, 2.24) is 15.2 Å². The highest BCUT2D eigenvalue weighted by atomic mass is 32.2. The molecule has 0 radical (unpaired) electrons. The number of carbonyl (C=O) groups is 1. The van der Waals surface area contributed by atoms with Crippen molar-refractivity contribution in [3.8, 4) is 10.8 Å². The Hall–Kier alpha value is -2.38. The van der Waals surface area contributed by atoms with Crippen LogP contribution in [0.15, 0.2) is 46.2 Å². The first-order valence-corrected chi connectivity index (χ1v) is 11.1. The number of carbonyl (C=O) groups excluding carboxylic acids is 1. The molecule has 0 saturated heterocycles. The Morgan fingerprint density at radius 2 is 2.25 bits per heavy atom. The summed E-state index contributed by atoms with van der Waals surface area (Å²) in [6.45, 7) is 2.30. The second-order valence-electron chi connectivity index (χ2n) is 7.24. The van der Waals surface area contributed by atoms with Gasteiger partial charge in [-0.3, -0.25) is 4.79 Å². The summed E-state index contributed by atoms with van der Waals surface area (Å²) < 4.78 is 5.82. The summed E-state index contributed by atoms with van der Waals surface area (Å²) >= 11 is 3.04. The van der Waals surface area contributed by atoms with Gasteiger partial charge in [-0.25, -0.2) is 0 Å². The molecule has 5 nitrogen and oxygen atoms in total. The number of benzene rings is 1. The fourth-order valence-corrected chi connectivity index (χ4v) is 5.46. The fourth-order valence-electron chi connectivity index (χ4n) is 3.69. The number of fused-ring (bicyclic) bond motifs is 2. The molecule has 1 aliphatic rings. The van der Waals surface area contributed by atoms with Crippen LogP contribution < -0.4 is 0 Å². The Labute approximate surface area is 170 Å². The van der Waals surface area contributed by atoms with Crippen LogP contribution in [-0.4, -0.2) is 26.7 Å². The molecule has 7 heteroatoms. The highest BCUT2D eigenvalue weighted by Gasteiger charge is 2.21. The summed E-state index contributed by atoms with van der Waals surface area (Å²) in [6.07, 6.45) is 5.27. The van der Waals surface area contributed by atoms with Gasteiger partial charge in [-0.2, -0.15) is 0 Å². The number of ketones is 1. The number of aryl methyl sites for hydroxylation is 1. The quantitative estimate of drug-likeness (QED) is 0.354. The number of aromatic nitrogens is 3. The second-order valence-corrected chi connectivity index (χ2v) is 9.30. The number of thiophene rings is 1. The van der Waals surface area contributed by atoms with Crippen LogP contribution >= 0.6 is 23.1 Å². The van der Waals surface area contributed by atoms with E-state index in [1.165, 1.54) is 28.6 Å². The van der Waals surface area contributed by atoms with Crippen molar-refractivity contribution in [2.24, 2.45) is 5.92 Å². The van der Waals surface area contributed by atoms with Crippen molar-refractivity contribution in [1.29, 1.82) is 0 Å². The monoisotopic (exact) mass is 409 g/mol. The van der Waals surface area contributed by atoms with Crippen LogP contribution in [0.25, 0.3) is 21.7 Å². The first-order valence-electron chi connectivity index (χ1n) is 9.35. The Kier molecular flexibility index (Phi) is 4.56. The van der Waals surface area contributed by atoms with Crippen molar-refractivity contribution in [2.75, 3.05) is 5.75 Å². The van der Waals surface area contributed by atoms with Crippen molar-refractivity contribution in [2.45, 2.75) is 31.4 Å². The van der Waals surface area contributed by atoms with E-state index in [1.807, 2.05) is 24.3 Å². The van der Waals surface area contributed by atoms with Crippen molar-refractivity contribution in [3.63, 3.8) is 0 Å². The van der Waals surface area contributed by atoms with Crippen LogP contribution in [0.5, 0.6) is 0 Å². The lowest BCUT2D eigenvalue weighted by Crippen LogP contribution is -2.07. The summed E-state index contributed by atoms with van der Waals surface area (Å²) in [5.41, 5.74) is 3.08. The maximum Gasteiger partial charge on any atom is 0.277 e. The lowest BCUT2D eigenvalue weighted by Gasteiger charge is -2.16. The van der Waals surface area contributed by atoms with Gasteiger partial charge in [0, 0.05) is 27.5 Å². The van der Waals surface area contributed by atoms with E-state index in [1.54, 1.807) is 17.5 Å². The number of hydrogen-bond donors (Lipinski definition) is 1. The van der Waals surface area contributed by atoms with E-state index in [9.17, 15) is 4.79 Å². The lowest BCUT2D eigenvalue weighted by molar-refractivity contribution is 0.102. The summed E-state index contributed by atoms with van der Waals surface area (Å²) in [5, 5.41) is 9.69. The average molecular weight is 410 g/mol. The molecule has 0 spiro atoms. The third kappa shape index (κ3) is 3.29. The molecule has 0 aliphatic heterocycles. The molecule has 0 bridgehead atoms. The number of nitrogens with one attached hydrogen (secondary N) is 1. The molecule has 0 unspecified atom stereocenters. The summed E-state index contributed by atoms with van der Waals surface area (Å²) in [7, 11) is 0. The predicted octanol–water partition coefficient (Wildman–Crippen LogP) is 5.38. The summed E-state index contributed by atoms with van der Waals surface area (Å²) in [5.74, 6) is 1.60. The van der Waals surface area contributed by atoms with E-state index in [-0.39, 0.29) is 11.5 Å². The van der Waals surface area contributed by atoms with Gasteiger partial charge in [-0.05, 0) is 42.9 Å². The van der Waals surface area contributed by atoms with Gasteiger partial charge < -0.3 is 9.40 Å². The smallest absolute Gasteiger partial charge is 0.277 e. The highest BCUT2D eigenvalue weighted by molar-refractivity contribution is 7.99. The Balaban J connectivity index is 1.29. The zero-order valence-electron chi connectivity index (χ0n) is 15.4. The topological polar surface area (TPSA) is 71.8 Å². The van der Waals surface area contributed by atoms with E-state index in [4.69, 9.17) is 4.42 Å². The molecule has 4 aromatic rings. The zero-order chi connectivity index (χ0) is 19.1. The van der Waals surface area contributed by atoms with Crippen molar-refractivity contribution >= 4 is 39.8 Å². The molecule has 1 aliphatic carbocycles. The minimum Gasteiger partial charge on any atom is -0.410 e. The van der Waals surface area contributed by atoms with Gasteiger partial charge >= 0.3 is 0 Å². The highest BCUT2D eigenvalue weighted by Crippen LogP contribution is 2.37. The van der Waals surface area contributed by atoms with Gasteiger partial charge in [0.25, 0.3) is 11.1 Å². The normalized spacial score (nSPS) is 16.4. The number of aromatic amines is 1. The van der Waals surface area contributed by atoms with Crippen LogP contribution in [0.3, 0.4) is 0 Å². The van der Waals surface area contributed by atoms with Gasteiger partial charge in [0.05, 0.1) is 10.6 Å². The Morgan fingerprint density at radius 1 is 1.36 bits per heavy atom. The van der Waals surface area contributed by atoms with Gasteiger partial charge in [0.1, 0.15) is 0 Å². The number of H-pyrrole nitrogens is 1. The Bertz CT molecular complexity index is 1160. The minimum absolute atomic E-state index is 0.0442. The molecule has 1 atom stereocenters. The Morgan fingerprint density at radius 3 is 3.18 bits per heavy atom. The molecular weight excluding hydrogens is 390 g/mol. The van der Waals surface area contributed by atoms with Crippen molar-refractivity contribution in [3.05, 3.63) is 52.5 Å². The lowest BCUT2D eigenvalue weighted by atomic mass is 9.90.